The Bertz CT molecular complexity index is 915. The van der Waals surface area contributed by atoms with Crippen molar-refractivity contribution < 1.29 is 4.74 Å². The third-order valence-corrected chi connectivity index (χ3v) is 3.87. The second kappa shape index (κ2) is 7.31. The summed E-state index contributed by atoms with van der Waals surface area (Å²) in [5.41, 5.74) is 5.71. The average molecular weight is 353 g/mol. The number of hydrogen-bond donors (Lipinski definition) is 2. The molecule has 0 aliphatic rings. The minimum atomic E-state index is 0.435. The van der Waals surface area contributed by atoms with Crippen LogP contribution in [0, 0.1) is 6.92 Å². The number of thiocarbonyl (C=S) groups is 1. The van der Waals surface area contributed by atoms with Gasteiger partial charge in [-0.25, -0.2) is 9.97 Å². The first-order chi connectivity index (χ1) is 12.1. The Morgan fingerprint density at radius 1 is 1.12 bits per heavy atom. The van der Waals surface area contributed by atoms with Crippen molar-refractivity contribution in [1.82, 2.24) is 15.4 Å². The van der Waals surface area contributed by atoms with Crippen LogP contribution >= 0.6 is 12.2 Å². The Hall–Kier alpha value is -2.93. The zero-order chi connectivity index (χ0) is 17.8. The molecular formula is C18H19N5OS. The molecule has 0 fully saturated rings. The molecule has 0 bridgehead atoms. The smallest absolute Gasteiger partial charge is 0.244 e. The van der Waals surface area contributed by atoms with Gasteiger partial charge in [0.05, 0.1) is 18.3 Å². The van der Waals surface area contributed by atoms with E-state index in [1.165, 1.54) is 0 Å². The lowest BCUT2D eigenvalue weighted by atomic mass is 10.2. The van der Waals surface area contributed by atoms with Crippen molar-refractivity contribution in [3.8, 4) is 5.75 Å². The number of nitrogens with one attached hydrogen (secondary N) is 2. The highest BCUT2D eigenvalue weighted by Crippen LogP contribution is 2.18. The fourth-order valence-electron chi connectivity index (χ4n) is 2.43. The first-order valence-electron chi connectivity index (χ1n) is 7.75. The Morgan fingerprint density at radius 2 is 1.92 bits per heavy atom. The zero-order valence-corrected chi connectivity index (χ0v) is 15.1. The molecule has 0 spiro atoms. The van der Waals surface area contributed by atoms with Gasteiger partial charge in [-0.05, 0) is 37.3 Å². The second-order valence-electron chi connectivity index (χ2n) is 5.48. The third kappa shape index (κ3) is 3.95. The van der Waals surface area contributed by atoms with Gasteiger partial charge in [-0.15, -0.1) is 0 Å². The molecule has 1 heterocycles. The van der Waals surface area contributed by atoms with E-state index >= 15 is 0 Å². The Kier molecular flexibility index (Phi) is 4.95. The van der Waals surface area contributed by atoms with E-state index in [1.54, 1.807) is 12.1 Å². The summed E-state index contributed by atoms with van der Waals surface area (Å²) in [6, 6.07) is 15.5. The van der Waals surface area contributed by atoms with Crippen LogP contribution in [-0.2, 0) is 0 Å². The van der Waals surface area contributed by atoms with E-state index in [2.05, 4.69) is 20.7 Å². The molecule has 0 aliphatic heterocycles. The predicted octanol–water partition coefficient (Wildman–Crippen LogP) is 3.28. The third-order valence-electron chi connectivity index (χ3n) is 3.68. The minimum absolute atomic E-state index is 0.435. The molecule has 0 saturated heterocycles. The lowest BCUT2D eigenvalue weighted by molar-refractivity contribution is 0.415. The van der Waals surface area contributed by atoms with Gasteiger partial charge in [0, 0.05) is 24.2 Å². The topological polar surface area (TPSA) is 62.3 Å². The number of para-hydroxylation sites is 1. The van der Waals surface area contributed by atoms with Gasteiger partial charge in [0.25, 0.3) is 0 Å². The molecule has 0 aliphatic carbocycles. The second-order valence-corrected chi connectivity index (χ2v) is 5.89. The first-order valence-corrected chi connectivity index (χ1v) is 8.16. The maximum Gasteiger partial charge on any atom is 0.244 e. The Labute approximate surface area is 151 Å². The number of nitrogens with zero attached hydrogens (tertiary/aromatic N) is 3. The van der Waals surface area contributed by atoms with Crippen LogP contribution in [-0.4, -0.2) is 29.2 Å². The van der Waals surface area contributed by atoms with Gasteiger partial charge in [0.15, 0.2) is 5.11 Å². The molecule has 6 nitrogen and oxygen atoms in total. The van der Waals surface area contributed by atoms with Crippen molar-refractivity contribution in [2.24, 2.45) is 0 Å². The van der Waals surface area contributed by atoms with Crippen LogP contribution in [0.4, 0.5) is 11.6 Å². The Balaban J connectivity index is 1.73. The van der Waals surface area contributed by atoms with Crippen LogP contribution in [0.3, 0.4) is 0 Å². The van der Waals surface area contributed by atoms with E-state index in [0.717, 1.165) is 28.0 Å². The van der Waals surface area contributed by atoms with Crippen molar-refractivity contribution in [2.45, 2.75) is 6.92 Å². The molecule has 0 saturated carbocycles. The summed E-state index contributed by atoms with van der Waals surface area (Å²) in [4.78, 5) is 9.10. The zero-order valence-electron chi connectivity index (χ0n) is 14.3. The van der Waals surface area contributed by atoms with Crippen LogP contribution in [0.2, 0.25) is 0 Å². The number of aromatic nitrogens is 2. The molecule has 3 rings (SSSR count). The predicted molar refractivity (Wildman–Crippen MR) is 105 cm³/mol. The molecule has 7 heteroatoms. The molecular weight excluding hydrogens is 334 g/mol. The van der Waals surface area contributed by atoms with Crippen LogP contribution < -0.4 is 20.5 Å². The SMILES string of the molecule is COc1cccc(NC(=S)NN(C)c2nc(C)c3ccccc3n2)c1. The molecule has 2 N–H and O–H groups in total. The van der Waals surface area contributed by atoms with Gasteiger partial charge < -0.3 is 10.1 Å². The molecule has 0 amide bonds. The summed E-state index contributed by atoms with van der Waals surface area (Å²) < 4.78 is 5.21. The number of methoxy groups -OCH3 is 1. The van der Waals surface area contributed by atoms with Crippen LogP contribution in [0.5, 0.6) is 5.75 Å². The number of aryl methyl sites for hydroxylation is 1. The minimum Gasteiger partial charge on any atom is -0.497 e. The number of rotatable bonds is 4. The van der Waals surface area contributed by atoms with Gasteiger partial charge in [0.1, 0.15) is 5.75 Å². The number of anilines is 2. The molecule has 2 aromatic carbocycles. The fraction of sp³-hybridized carbons (Fsp3) is 0.167. The quantitative estimate of drug-likeness (QED) is 0.551. The number of ether oxygens (including phenoxy) is 1. The van der Waals surface area contributed by atoms with Crippen molar-refractivity contribution in [3.05, 3.63) is 54.2 Å². The van der Waals surface area contributed by atoms with Crippen molar-refractivity contribution in [3.63, 3.8) is 0 Å². The van der Waals surface area contributed by atoms with Gasteiger partial charge >= 0.3 is 0 Å². The summed E-state index contributed by atoms with van der Waals surface area (Å²) in [7, 11) is 3.45. The first kappa shape index (κ1) is 16.9. The van der Waals surface area contributed by atoms with Crippen LogP contribution in [0.1, 0.15) is 5.69 Å². The van der Waals surface area contributed by atoms with Crippen molar-refractivity contribution in [1.29, 1.82) is 0 Å². The van der Waals surface area contributed by atoms with Gasteiger partial charge in [-0.1, -0.05) is 24.3 Å². The van der Waals surface area contributed by atoms with Crippen LogP contribution in [0.15, 0.2) is 48.5 Å². The number of hydrazine groups is 1. The molecule has 0 unspecified atom stereocenters. The van der Waals surface area contributed by atoms with Gasteiger partial charge in [0.2, 0.25) is 5.95 Å². The molecule has 1 aromatic heterocycles. The average Bonchev–Trinajstić information content (AvgIpc) is 2.61. The lowest BCUT2D eigenvalue weighted by Gasteiger charge is -2.21. The Morgan fingerprint density at radius 3 is 2.72 bits per heavy atom. The highest BCUT2D eigenvalue weighted by molar-refractivity contribution is 7.80. The summed E-state index contributed by atoms with van der Waals surface area (Å²) in [5, 5.41) is 6.28. The number of hydrogen-bond acceptors (Lipinski definition) is 5. The molecule has 0 atom stereocenters. The summed E-state index contributed by atoms with van der Waals surface area (Å²) >= 11 is 5.36. The lowest BCUT2D eigenvalue weighted by Crippen LogP contribution is -2.42. The summed E-state index contributed by atoms with van der Waals surface area (Å²) in [6.45, 7) is 1.97. The van der Waals surface area contributed by atoms with Crippen molar-refractivity contribution >= 4 is 39.9 Å². The van der Waals surface area contributed by atoms with Gasteiger partial charge in [-0.3, -0.25) is 10.4 Å². The van der Waals surface area contributed by atoms with Crippen LogP contribution in [0.25, 0.3) is 10.9 Å². The van der Waals surface area contributed by atoms with E-state index in [9.17, 15) is 0 Å². The fourth-order valence-corrected chi connectivity index (χ4v) is 2.69. The molecule has 25 heavy (non-hydrogen) atoms. The van der Waals surface area contributed by atoms with E-state index in [1.807, 2.05) is 62.5 Å². The molecule has 128 valence electrons. The number of benzene rings is 2. The summed E-state index contributed by atoms with van der Waals surface area (Å²) in [6.07, 6.45) is 0. The van der Waals surface area contributed by atoms with E-state index in [-0.39, 0.29) is 0 Å². The monoisotopic (exact) mass is 353 g/mol. The largest absolute Gasteiger partial charge is 0.497 e. The van der Waals surface area contributed by atoms with E-state index in [4.69, 9.17) is 17.0 Å². The highest BCUT2D eigenvalue weighted by atomic mass is 32.1. The normalized spacial score (nSPS) is 10.4. The van der Waals surface area contributed by atoms with Crippen molar-refractivity contribution in [2.75, 3.05) is 24.5 Å². The summed E-state index contributed by atoms with van der Waals surface area (Å²) in [5.74, 6) is 1.31. The van der Waals surface area contributed by atoms with E-state index in [0.29, 0.717) is 11.1 Å². The van der Waals surface area contributed by atoms with E-state index < -0.39 is 0 Å². The molecule has 0 radical (unpaired) electrons. The highest BCUT2D eigenvalue weighted by Gasteiger charge is 2.10. The number of fused-ring (bicyclic) bond motifs is 1. The van der Waals surface area contributed by atoms with Gasteiger partial charge in [-0.2, -0.15) is 0 Å². The molecule has 3 aromatic rings. The standard InChI is InChI=1S/C18H19N5OS/c1-12-15-9-4-5-10-16(15)21-17(19-12)23(2)22-18(25)20-13-7-6-8-14(11-13)24-3/h4-11H,1-3H3,(H2,20,22,25). The maximum absolute atomic E-state index is 5.36. The maximum atomic E-state index is 5.36.